The third-order valence-corrected chi connectivity index (χ3v) is 5.39. The van der Waals surface area contributed by atoms with Gasteiger partial charge < -0.3 is 5.11 Å². The molecular weight excluding hydrogens is 385 g/mol. The predicted molar refractivity (Wildman–Crippen MR) is 108 cm³/mol. The quantitative estimate of drug-likeness (QED) is 0.442. The van der Waals surface area contributed by atoms with Gasteiger partial charge in [-0.2, -0.15) is 0 Å². The average Bonchev–Trinajstić information content (AvgIpc) is 2.89. The fourth-order valence-corrected chi connectivity index (χ4v) is 3.99. The van der Waals surface area contributed by atoms with Gasteiger partial charge in [-0.25, -0.2) is 4.39 Å². The smallest absolute Gasteiger partial charge is 0.266 e. The zero-order valence-electron chi connectivity index (χ0n) is 14.2. The first kappa shape index (κ1) is 19.3. The topological polar surface area (TPSA) is 57.6 Å². The molecule has 4 nitrogen and oxygen atoms in total. The molecule has 7 heteroatoms. The van der Waals surface area contributed by atoms with Crippen LogP contribution in [0.5, 0.6) is 5.75 Å². The van der Waals surface area contributed by atoms with Crippen LogP contribution in [0, 0.1) is 5.82 Å². The summed E-state index contributed by atoms with van der Waals surface area (Å²) in [5, 5.41) is 9.73. The van der Waals surface area contributed by atoms with Gasteiger partial charge in [0.2, 0.25) is 0 Å². The summed E-state index contributed by atoms with van der Waals surface area (Å²) < 4.78 is 13.7. The molecule has 1 amide bonds. The summed E-state index contributed by atoms with van der Waals surface area (Å²) >= 11 is 6.42. The lowest BCUT2D eigenvalue weighted by Gasteiger charge is -2.14. The van der Waals surface area contributed by atoms with E-state index in [0.29, 0.717) is 27.8 Å². The van der Waals surface area contributed by atoms with Crippen LogP contribution in [0.1, 0.15) is 28.8 Å². The number of carbonyl (C=O) groups is 2. The number of hydrogen-bond acceptors (Lipinski definition) is 5. The van der Waals surface area contributed by atoms with E-state index in [-0.39, 0.29) is 35.2 Å². The number of para-hydroxylation sites is 1. The molecule has 0 aromatic heterocycles. The van der Waals surface area contributed by atoms with E-state index in [2.05, 4.69) is 0 Å². The molecule has 2 aromatic rings. The van der Waals surface area contributed by atoms with E-state index in [1.807, 2.05) is 0 Å². The van der Waals surface area contributed by atoms with Crippen LogP contribution in [0.3, 0.4) is 0 Å². The molecule has 1 saturated heterocycles. The molecule has 1 aliphatic heterocycles. The highest BCUT2D eigenvalue weighted by Gasteiger charge is 2.31. The monoisotopic (exact) mass is 401 g/mol. The molecule has 1 N–H and O–H groups in total. The van der Waals surface area contributed by atoms with Crippen molar-refractivity contribution >= 4 is 46.1 Å². The van der Waals surface area contributed by atoms with Crippen molar-refractivity contribution in [2.75, 3.05) is 6.54 Å². The van der Waals surface area contributed by atoms with Crippen LogP contribution in [0.4, 0.5) is 4.39 Å². The van der Waals surface area contributed by atoms with Crippen molar-refractivity contribution in [1.29, 1.82) is 0 Å². The molecule has 0 radical (unpaired) electrons. The Labute approximate surface area is 165 Å². The second kappa shape index (κ2) is 8.45. The Morgan fingerprint density at radius 3 is 2.74 bits per heavy atom. The van der Waals surface area contributed by atoms with Crippen LogP contribution in [0.2, 0.25) is 0 Å². The van der Waals surface area contributed by atoms with Gasteiger partial charge in [0.05, 0.1) is 10.5 Å². The molecule has 0 aliphatic carbocycles. The van der Waals surface area contributed by atoms with Gasteiger partial charge in [-0.05, 0) is 42.3 Å². The highest BCUT2D eigenvalue weighted by Crippen LogP contribution is 2.33. The number of halogens is 1. The zero-order valence-corrected chi connectivity index (χ0v) is 15.9. The number of nitrogens with zero attached hydrogens (tertiary/aromatic N) is 1. The van der Waals surface area contributed by atoms with Gasteiger partial charge in [0, 0.05) is 13.0 Å². The van der Waals surface area contributed by atoms with Gasteiger partial charge in [0.1, 0.15) is 15.9 Å². The molecule has 27 heavy (non-hydrogen) atoms. The number of amides is 1. The number of rotatable bonds is 6. The number of phenolic OH excluding ortho intramolecular Hbond substituents is 1. The van der Waals surface area contributed by atoms with Crippen molar-refractivity contribution in [3.63, 3.8) is 0 Å². The van der Waals surface area contributed by atoms with Crippen LogP contribution in [0.25, 0.3) is 6.08 Å². The summed E-state index contributed by atoms with van der Waals surface area (Å²) in [5.74, 6) is -0.855. The van der Waals surface area contributed by atoms with Gasteiger partial charge in [-0.3, -0.25) is 14.5 Å². The van der Waals surface area contributed by atoms with Crippen molar-refractivity contribution in [1.82, 2.24) is 4.90 Å². The number of benzene rings is 2. The summed E-state index contributed by atoms with van der Waals surface area (Å²) in [6.45, 7) is 0.310. The summed E-state index contributed by atoms with van der Waals surface area (Å²) in [5.41, 5.74) is 0.860. The molecule has 0 unspecified atom stereocenters. The Balaban J connectivity index is 1.61. The van der Waals surface area contributed by atoms with Crippen LogP contribution in [-0.4, -0.2) is 32.6 Å². The number of phenols is 1. The Hall–Kier alpha value is -2.51. The molecule has 1 heterocycles. The third kappa shape index (κ3) is 4.61. The van der Waals surface area contributed by atoms with E-state index >= 15 is 0 Å². The predicted octanol–water partition coefficient (Wildman–Crippen LogP) is 4.40. The van der Waals surface area contributed by atoms with Crippen LogP contribution in [-0.2, 0) is 4.79 Å². The Bertz CT molecular complexity index is 942. The van der Waals surface area contributed by atoms with E-state index in [4.69, 9.17) is 12.2 Å². The van der Waals surface area contributed by atoms with E-state index in [9.17, 15) is 19.1 Å². The first-order chi connectivity index (χ1) is 13.0. The van der Waals surface area contributed by atoms with Gasteiger partial charge in [-0.15, -0.1) is 0 Å². The first-order valence-electron chi connectivity index (χ1n) is 8.28. The van der Waals surface area contributed by atoms with Crippen LogP contribution >= 0.6 is 24.0 Å². The lowest BCUT2D eigenvalue weighted by atomic mass is 10.1. The van der Waals surface area contributed by atoms with Crippen molar-refractivity contribution in [2.45, 2.75) is 12.8 Å². The molecular formula is C20H16FNO3S2. The minimum absolute atomic E-state index is 0.0499. The minimum atomic E-state index is -0.373. The van der Waals surface area contributed by atoms with Gasteiger partial charge >= 0.3 is 0 Å². The number of aromatic hydroxyl groups is 1. The average molecular weight is 401 g/mol. The zero-order chi connectivity index (χ0) is 19.4. The largest absolute Gasteiger partial charge is 0.507 e. The van der Waals surface area contributed by atoms with E-state index in [1.54, 1.807) is 36.4 Å². The third-order valence-electron chi connectivity index (χ3n) is 4.01. The number of ketones is 1. The second-order valence-corrected chi connectivity index (χ2v) is 7.61. The highest BCUT2D eigenvalue weighted by molar-refractivity contribution is 8.26. The molecule has 0 bridgehead atoms. The molecule has 0 atom stereocenters. The summed E-state index contributed by atoms with van der Waals surface area (Å²) in [6.07, 6.45) is 2.22. The highest BCUT2D eigenvalue weighted by atomic mass is 32.2. The lowest BCUT2D eigenvalue weighted by molar-refractivity contribution is -0.122. The number of thioether (sulfide) groups is 1. The normalized spacial score (nSPS) is 15.6. The summed E-state index contributed by atoms with van der Waals surface area (Å²) in [4.78, 5) is 26.6. The van der Waals surface area contributed by atoms with Crippen LogP contribution in [0.15, 0.2) is 53.4 Å². The Morgan fingerprint density at radius 1 is 1.22 bits per heavy atom. The molecule has 2 aromatic carbocycles. The molecule has 3 rings (SSSR count). The van der Waals surface area contributed by atoms with Crippen molar-refractivity contribution in [3.8, 4) is 5.75 Å². The molecule has 0 saturated carbocycles. The first-order valence-corrected chi connectivity index (χ1v) is 9.50. The maximum atomic E-state index is 13.3. The second-order valence-electron chi connectivity index (χ2n) is 5.93. The summed E-state index contributed by atoms with van der Waals surface area (Å²) in [6, 6.07) is 12.3. The van der Waals surface area contributed by atoms with Crippen LogP contribution < -0.4 is 0 Å². The Kier molecular flexibility index (Phi) is 6.03. The van der Waals surface area contributed by atoms with Gasteiger partial charge in [0.15, 0.2) is 5.78 Å². The van der Waals surface area contributed by atoms with E-state index < -0.39 is 0 Å². The van der Waals surface area contributed by atoms with Crippen molar-refractivity contribution in [2.24, 2.45) is 0 Å². The maximum Gasteiger partial charge on any atom is 0.266 e. The summed E-state index contributed by atoms with van der Waals surface area (Å²) in [7, 11) is 0. The van der Waals surface area contributed by atoms with Crippen molar-refractivity contribution < 1.29 is 19.1 Å². The number of thiocarbonyl (C=S) groups is 1. The number of Topliss-reactive ketones (excluding diaryl/α,β-unsaturated/α-hetero) is 1. The molecule has 138 valence electrons. The fourth-order valence-electron chi connectivity index (χ4n) is 2.68. The molecule has 0 spiro atoms. The van der Waals surface area contributed by atoms with E-state index in [0.717, 1.165) is 11.8 Å². The molecule has 1 aliphatic rings. The van der Waals surface area contributed by atoms with Gasteiger partial charge in [0.25, 0.3) is 5.91 Å². The number of carbonyl (C=O) groups excluding carboxylic acids is 2. The SMILES string of the molecule is O=C(CCCN1C(=O)/C(=C/c2cccc(F)c2)SC1=S)c1ccccc1O. The maximum absolute atomic E-state index is 13.3. The number of hydrogen-bond donors (Lipinski definition) is 1. The molecule has 1 fully saturated rings. The lowest BCUT2D eigenvalue weighted by Crippen LogP contribution is -2.29. The van der Waals surface area contributed by atoms with Gasteiger partial charge in [-0.1, -0.05) is 48.2 Å². The minimum Gasteiger partial charge on any atom is -0.507 e. The fraction of sp³-hybridized carbons (Fsp3) is 0.150. The van der Waals surface area contributed by atoms with E-state index in [1.165, 1.54) is 23.1 Å². The standard InChI is InChI=1S/C20H16FNO3S2/c21-14-6-3-5-13(11-14)12-18-19(25)22(20(26)27-18)10-4-9-17(24)15-7-1-2-8-16(15)23/h1-3,5-8,11-12,23H,4,9-10H2/b18-12-. The van der Waals surface area contributed by atoms with Crippen molar-refractivity contribution in [3.05, 3.63) is 70.4 Å². The Morgan fingerprint density at radius 2 is 2.00 bits per heavy atom.